The molecule has 1 atom stereocenters. The smallest absolute Gasteiger partial charge is 0.467 e. The number of carbonyl (C=O) groups is 2. The van der Waals surface area contributed by atoms with Crippen molar-refractivity contribution in [2.24, 2.45) is 0 Å². The number of rotatable bonds is 6. The van der Waals surface area contributed by atoms with Gasteiger partial charge in [-0.1, -0.05) is 0 Å². The van der Waals surface area contributed by atoms with Crippen molar-refractivity contribution in [2.75, 3.05) is 7.11 Å². The first-order valence-electron chi connectivity index (χ1n) is 8.65. The molecule has 1 amide bonds. The molecule has 0 aliphatic rings. The lowest BCUT2D eigenvalue weighted by Gasteiger charge is -2.23. The minimum absolute atomic E-state index is 0.0735. The zero-order valence-electron chi connectivity index (χ0n) is 17.3. The van der Waals surface area contributed by atoms with Crippen LogP contribution in [0.1, 0.15) is 37.5 Å². The van der Waals surface area contributed by atoms with E-state index >= 15 is 0 Å². The molecule has 0 spiro atoms. The highest BCUT2D eigenvalue weighted by molar-refractivity contribution is 7.88. The molecule has 1 rings (SSSR count). The van der Waals surface area contributed by atoms with Gasteiger partial charge in [-0.25, -0.2) is 9.59 Å². The molecule has 0 aliphatic carbocycles. The van der Waals surface area contributed by atoms with Crippen molar-refractivity contribution in [3.8, 4) is 5.75 Å². The number of methoxy groups -OCH3 is 1. The van der Waals surface area contributed by atoms with Crippen LogP contribution >= 0.6 is 0 Å². The summed E-state index contributed by atoms with van der Waals surface area (Å²) in [6.45, 7) is 7.92. The monoisotopic (exact) mass is 455 g/mol. The van der Waals surface area contributed by atoms with Gasteiger partial charge in [0.2, 0.25) is 0 Å². The third kappa shape index (κ3) is 7.08. The molecule has 0 aliphatic heterocycles. The van der Waals surface area contributed by atoms with Crippen LogP contribution in [0.3, 0.4) is 0 Å². The second kappa shape index (κ2) is 9.11. The fourth-order valence-corrected chi connectivity index (χ4v) is 2.93. The SMILES string of the molecule is COC(=O)[C@H](Cc1c(C)cc(OS(=O)(=O)C(F)(F)F)cc1C)NC(=O)OC(C)(C)C. The Morgan fingerprint density at radius 3 is 2.00 bits per heavy atom. The molecule has 1 aromatic rings. The average molecular weight is 455 g/mol. The van der Waals surface area contributed by atoms with Gasteiger partial charge >= 0.3 is 27.7 Å². The predicted octanol–water partition coefficient (Wildman–Crippen LogP) is 3.14. The Kier molecular flexibility index (Phi) is 7.75. The van der Waals surface area contributed by atoms with Gasteiger partial charge < -0.3 is 19.0 Å². The van der Waals surface area contributed by atoms with E-state index in [-0.39, 0.29) is 6.42 Å². The number of halogens is 3. The van der Waals surface area contributed by atoms with Crippen molar-refractivity contribution in [3.05, 3.63) is 28.8 Å². The van der Waals surface area contributed by atoms with E-state index in [9.17, 15) is 31.2 Å². The Hall–Kier alpha value is -2.50. The van der Waals surface area contributed by atoms with Crippen molar-refractivity contribution in [1.82, 2.24) is 5.32 Å². The van der Waals surface area contributed by atoms with E-state index in [1.54, 1.807) is 20.8 Å². The molecule has 0 bridgehead atoms. The lowest BCUT2D eigenvalue weighted by molar-refractivity contribution is -0.143. The maximum atomic E-state index is 12.5. The Labute approximate surface area is 172 Å². The number of esters is 1. The summed E-state index contributed by atoms with van der Waals surface area (Å²) in [7, 11) is -4.69. The highest BCUT2D eigenvalue weighted by Gasteiger charge is 2.48. The summed E-state index contributed by atoms with van der Waals surface area (Å²) in [5.41, 5.74) is -5.19. The first kappa shape index (κ1) is 25.5. The Morgan fingerprint density at radius 1 is 1.10 bits per heavy atom. The van der Waals surface area contributed by atoms with Crippen LogP contribution in [0.25, 0.3) is 0 Å². The number of alkyl halides is 3. The van der Waals surface area contributed by atoms with E-state index in [1.807, 2.05) is 0 Å². The molecule has 0 saturated carbocycles. The third-order valence-electron chi connectivity index (χ3n) is 3.74. The summed E-state index contributed by atoms with van der Waals surface area (Å²) in [4.78, 5) is 24.1. The number of nitrogens with one attached hydrogen (secondary N) is 1. The quantitative estimate of drug-likeness (QED) is 0.399. The van der Waals surface area contributed by atoms with Crippen LogP contribution in [0.15, 0.2) is 12.1 Å². The number of benzene rings is 1. The summed E-state index contributed by atoms with van der Waals surface area (Å²) >= 11 is 0. The van der Waals surface area contributed by atoms with Crippen LogP contribution in [0.5, 0.6) is 5.75 Å². The fourth-order valence-electron chi connectivity index (χ4n) is 2.49. The number of carbonyl (C=O) groups excluding carboxylic acids is 2. The third-order valence-corrected chi connectivity index (χ3v) is 4.72. The lowest BCUT2D eigenvalue weighted by atomic mass is 9.96. The molecule has 1 aromatic carbocycles. The van der Waals surface area contributed by atoms with Crippen LogP contribution in [0.2, 0.25) is 0 Å². The van der Waals surface area contributed by atoms with Gasteiger partial charge in [0.25, 0.3) is 0 Å². The number of hydrogen-bond donors (Lipinski definition) is 1. The number of alkyl carbamates (subject to hydrolysis) is 1. The van der Waals surface area contributed by atoms with E-state index < -0.39 is 45.1 Å². The zero-order chi connectivity index (χ0) is 23.5. The van der Waals surface area contributed by atoms with Gasteiger partial charge in [0, 0.05) is 6.42 Å². The molecule has 30 heavy (non-hydrogen) atoms. The van der Waals surface area contributed by atoms with Crippen molar-refractivity contribution in [1.29, 1.82) is 0 Å². The number of amides is 1. The van der Waals surface area contributed by atoms with Gasteiger partial charge in [-0.2, -0.15) is 21.6 Å². The first-order chi connectivity index (χ1) is 13.5. The largest absolute Gasteiger partial charge is 0.534 e. The van der Waals surface area contributed by atoms with Gasteiger partial charge in [0.05, 0.1) is 7.11 Å². The minimum Gasteiger partial charge on any atom is -0.467 e. The first-order valence-corrected chi connectivity index (χ1v) is 10.1. The maximum Gasteiger partial charge on any atom is 0.534 e. The van der Waals surface area contributed by atoms with E-state index in [0.717, 1.165) is 19.2 Å². The molecular weight excluding hydrogens is 431 g/mol. The molecule has 170 valence electrons. The molecule has 0 heterocycles. The summed E-state index contributed by atoms with van der Waals surface area (Å²) in [5, 5.41) is 2.39. The highest BCUT2D eigenvalue weighted by atomic mass is 32.2. The van der Waals surface area contributed by atoms with E-state index in [2.05, 4.69) is 14.2 Å². The van der Waals surface area contributed by atoms with Crippen LogP contribution < -0.4 is 9.50 Å². The Morgan fingerprint density at radius 2 is 1.60 bits per heavy atom. The number of ether oxygens (including phenoxy) is 2. The second-order valence-corrected chi connectivity index (χ2v) is 8.98. The summed E-state index contributed by atoms with van der Waals surface area (Å²) in [6.07, 6.45) is -0.931. The van der Waals surface area contributed by atoms with Crippen molar-refractivity contribution in [3.63, 3.8) is 0 Å². The van der Waals surface area contributed by atoms with Crippen molar-refractivity contribution in [2.45, 2.75) is 58.2 Å². The molecule has 1 N–H and O–H groups in total. The van der Waals surface area contributed by atoms with E-state index in [4.69, 9.17) is 4.74 Å². The average Bonchev–Trinajstić information content (AvgIpc) is 2.53. The van der Waals surface area contributed by atoms with Crippen LogP contribution in [0.4, 0.5) is 18.0 Å². The zero-order valence-corrected chi connectivity index (χ0v) is 18.2. The van der Waals surface area contributed by atoms with E-state index in [1.165, 1.54) is 13.8 Å². The van der Waals surface area contributed by atoms with Gasteiger partial charge in [-0.3, -0.25) is 0 Å². The molecule has 12 heteroatoms. The normalized spacial score (nSPS) is 13.4. The van der Waals surface area contributed by atoms with Crippen molar-refractivity contribution >= 4 is 22.2 Å². The van der Waals surface area contributed by atoms with Gasteiger partial charge in [0.1, 0.15) is 17.4 Å². The molecule has 0 aromatic heterocycles. The van der Waals surface area contributed by atoms with Crippen LogP contribution in [-0.4, -0.2) is 44.7 Å². The molecule has 0 unspecified atom stereocenters. The summed E-state index contributed by atoms with van der Waals surface area (Å²) < 4.78 is 73.9. The van der Waals surface area contributed by atoms with Crippen LogP contribution in [-0.2, 0) is 30.8 Å². The van der Waals surface area contributed by atoms with Crippen LogP contribution in [0, 0.1) is 13.8 Å². The maximum absolute atomic E-state index is 12.5. The van der Waals surface area contributed by atoms with E-state index in [0.29, 0.717) is 16.7 Å². The van der Waals surface area contributed by atoms with Gasteiger partial charge in [-0.05, 0) is 63.4 Å². The second-order valence-electron chi connectivity index (χ2n) is 7.44. The van der Waals surface area contributed by atoms with Gasteiger partial charge in [-0.15, -0.1) is 0 Å². The standard InChI is InChI=1S/C18H24F3NO7S/c1-10-7-12(29-30(25,26)18(19,20)21)8-11(2)13(10)9-14(15(23)27-6)22-16(24)28-17(3,4)5/h7-8,14H,9H2,1-6H3,(H,22,24)/t14-/m0/s1. The Balaban J connectivity index is 3.14. The summed E-state index contributed by atoms with van der Waals surface area (Å²) in [5.74, 6) is -1.29. The molecule has 0 fully saturated rings. The Bertz CT molecular complexity index is 882. The molecule has 0 radical (unpaired) electrons. The predicted molar refractivity (Wildman–Crippen MR) is 100 cm³/mol. The number of aryl methyl sites for hydroxylation is 2. The van der Waals surface area contributed by atoms with Gasteiger partial charge in [0.15, 0.2) is 0 Å². The molecular formula is C18H24F3NO7S. The topological polar surface area (TPSA) is 108 Å². The molecule has 0 saturated heterocycles. The fraction of sp³-hybridized carbons (Fsp3) is 0.556. The lowest BCUT2D eigenvalue weighted by Crippen LogP contribution is -2.45. The number of hydrogen-bond acceptors (Lipinski definition) is 7. The highest BCUT2D eigenvalue weighted by Crippen LogP contribution is 2.30. The van der Waals surface area contributed by atoms with Crippen molar-refractivity contribution < 1.29 is 44.8 Å². The molecule has 8 nitrogen and oxygen atoms in total. The minimum atomic E-state index is -5.82. The summed E-state index contributed by atoms with van der Waals surface area (Å²) in [6, 6.07) is 1.04.